The van der Waals surface area contributed by atoms with Gasteiger partial charge in [0.15, 0.2) is 0 Å². The first kappa shape index (κ1) is 18.7. The van der Waals surface area contributed by atoms with Crippen LogP contribution in [0.4, 0.5) is 10.1 Å². The Morgan fingerprint density at radius 3 is 2.61 bits per heavy atom. The molecule has 3 aromatic carbocycles. The molecule has 1 N–H and O–H groups in total. The standard InChI is InChI=1S/C23H16FN5O2/c1-14-27-28-21-23(26-19-7-2-3-8-20(19)29(14)21)31-18-11-9-17(10-12-18)25-22(30)15-5-4-6-16(24)13-15/h2-13H,1H3,(H,25,30). The van der Waals surface area contributed by atoms with Crippen LogP contribution in [0, 0.1) is 12.7 Å². The highest BCUT2D eigenvalue weighted by Gasteiger charge is 2.15. The largest absolute Gasteiger partial charge is 0.436 e. The summed E-state index contributed by atoms with van der Waals surface area (Å²) in [7, 11) is 0. The van der Waals surface area contributed by atoms with Crippen molar-refractivity contribution in [1.29, 1.82) is 0 Å². The van der Waals surface area contributed by atoms with E-state index >= 15 is 0 Å². The first-order valence-corrected chi connectivity index (χ1v) is 9.54. The van der Waals surface area contributed by atoms with Crippen molar-refractivity contribution in [3.05, 3.63) is 90.0 Å². The number of carbonyl (C=O) groups is 1. The molecule has 0 saturated heterocycles. The Bertz CT molecular complexity index is 1430. The van der Waals surface area contributed by atoms with Gasteiger partial charge in [0.05, 0.1) is 11.0 Å². The molecule has 2 heterocycles. The molecule has 0 aliphatic heterocycles. The number of nitrogens with zero attached hydrogens (tertiary/aromatic N) is 4. The van der Waals surface area contributed by atoms with Crippen molar-refractivity contribution in [1.82, 2.24) is 19.6 Å². The lowest BCUT2D eigenvalue weighted by Gasteiger charge is -2.10. The highest BCUT2D eigenvalue weighted by atomic mass is 19.1. The second-order valence-corrected chi connectivity index (χ2v) is 6.90. The summed E-state index contributed by atoms with van der Waals surface area (Å²) in [5, 5.41) is 11.1. The van der Waals surface area contributed by atoms with Gasteiger partial charge in [0.25, 0.3) is 11.8 Å². The van der Waals surface area contributed by atoms with Crippen LogP contribution in [0.5, 0.6) is 11.6 Å². The minimum atomic E-state index is -0.464. The predicted molar refractivity (Wildman–Crippen MR) is 114 cm³/mol. The number of carbonyl (C=O) groups excluding carboxylic acids is 1. The van der Waals surface area contributed by atoms with Crippen LogP contribution in [-0.2, 0) is 0 Å². The van der Waals surface area contributed by atoms with Gasteiger partial charge in [0.1, 0.15) is 17.4 Å². The van der Waals surface area contributed by atoms with E-state index in [4.69, 9.17) is 4.74 Å². The van der Waals surface area contributed by atoms with Crippen LogP contribution < -0.4 is 10.1 Å². The van der Waals surface area contributed by atoms with Crippen LogP contribution in [-0.4, -0.2) is 25.5 Å². The van der Waals surface area contributed by atoms with Crippen molar-refractivity contribution in [2.75, 3.05) is 5.32 Å². The van der Waals surface area contributed by atoms with E-state index in [0.29, 0.717) is 23.0 Å². The van der Waals surface area contributed by atoms with Gasteiger partial charge in [-0.3, -0.25) is 9.20 Å². The quantitative estimate of drug-likeness (QED) is 0.459. The smallest absolute Gasteiger partial charge is 0.266 e. The molecule has 0 aliphatic carbocycles. The van der Waals surface area contributed by atoms with Crippen LogP contribution >= 0.6 is 0 Å². The summed E-state index contributed by atoms with van der Waals surface area (Å²) in [4.78, 5) is 16.9. The Hall–Kier alpha value is -4.33. The molecule has 0 saturated carbocycles. The number of benzene rings is 3. The third-order valence-electron chi connectivity index (χ3n) is 4.77. The molecule has 0 bridgehead atoms. The number of aromatic nitrogens is 4. The lowest BCUT2D eigenvalue weighted by atomic mass is 10.2. The van der Waals surface area contributed by atoms with E-state index in [1.165, 1.54) is 18.2 Å². The van der Waals surface area contributed by atoms with E-state index in [9.17, 15) is 9.18 Å². The fourth-order valence-electron chi connectivity index (χ4n) is 3.32. The van der Waals surface area contributed by atoms with Crippen LogP contribution in [0.1, 0.15) is 16.2 Å². The summed E-state index contributed by atoms with van der Waals surface area (Å²) in [6, 6.07) is 20.0. The third-order valence-corrected chi connectivity index (χ3v) is 4.77. The molecule has 8 heteroatoms. The number of aryl methyl sites for hydroxylation is 1. The van der Waals surface area contributed by atoms with Crippen molar-refractivity contribution in [2.24, 2.45) is 0 Å². The minimum Gasteiger partial charge on any atom is -0.436 e. The molecule has 7 nitrogen and oxygen atoms in total. The summed E-state index contributed by atoms with van der Waals surface area (Å²) in [6.45, 7) is 1.87. The van der Waals surface area contributed by atoms with Gasteiger partial charge in [-0.05, 0) is 61.5 Å². The summed E-state index contributed by atoms with van der Waals surface area (Å²) in [5.41, 5.74) is 2.95. The highest BCUT2D eigenvalue weighted by molar-refractivity contribution is 6.04. The molecule has 152 valence electrons. The number of hydrogen-bond donors (Lipinski definition) is 1. The Morgan fingerprint density at radius 2 is 1.81 bits per heavy atom. The maximum absolute atomic E-state index is 13.3. The monoisotopic (exact) mass is 413 g/mol. The maximum Gasteiger partial charge on any atom is 0.266 e. The molecule has 5 aromatic rings. The van der Waals surface area contributed by atoms with Crippen molar-refractivity contribution in [3.63, 3.8) is 0 Å². The Morgan fingerprint density at radius 1 is 1.00 bits per heavy atom. The van der Waals surface area contributed by atoms with E-state index in [2.05, 4.69) is 20.5 Å². The number of halogens is 1. The van der Waals surface area contributed by atoms with Gasteiger partial charge in [-0.1, -0.05) is 18.2 Å². The summed E-state index contributed by atoms with van der Waals surface area (Å²) in [6.07, 6.45) is 0. The number of para-hydroxylation sites is 2. The van der Waals surface area contributed by atoms with E-state index in [0.717, 1.165) is 16.9 Å². The van der Waals surface area contributed by atoms with Crippen LogP contribution in [0.15, 0.2) is 72.8 Å². The zero-order valence-corrected chi connectivity index (χ0v) is 16.4. The lowest BCUT2D eigenvalue weighted by molar-refractivity contribution is 0.102. The van der Waals surface area contributed by atoms with Gasteiger partial charge in [0, 0.05) is 11.3 Å². The second-order valence-electron chi connectivity index (χ2n) is 6.90. The molecule has 31 heavy (non-hydrogen) atoms. The van der Waals surface area contributed by atoms with Gasteiger partial charge in [0.2, 0.25) is 5.65 Å². The molecule has 0 radical (unpaired) electrons. The Labute approximate surface area is 176 Å². The number of rotatable bonds is 4. The number of ether oxygens (including phenoxy) is 1. The van der Waals surface area contributed by atoms with Crippen LogP contribution in [0.2, 0.25) is 0 Å². The lowest BCUT2D eigenvalue weighted by Crippen LogP contribution is -2.11. The second kappa shape index (κ2) is 7.49. The molecule has 5 rings (SSSR count). The van der Waals surface area contributed by atoms with Crippen LogP contribution in [0.25, 0.3) is 16.7 Å². The zero-order valence-electron chi connectivity index (χ0n) is 16.4. The molecular weight excluding hydrogens is 397 g/mol. The summed E-state index contributed by atoms with van der Waals surface area (Å²) >= 11 is 0. The molecule has 0 fully saturated rings. The number of nitrogens with one attached hydrogen (secondary N) is 1. The fraction of sp³-hybridized carbons (Fsp3) is 0.0435. The Kier molecular flexibility index (Phi) is 4.51. The summed E-state index contributed by atoms with van der Waals surface area (Å²) in [5.74, 6) is 0.720. The number of fused-ring (bicyclic) bond motifs is 3. The Balaban J connectivity index is 1.41. The highest BCUT2D eigenvalue weighted by Crippen LogP contribution is 2.28. The normalized spacial score (nSPS) is 11.0. The number of anilines is 1. The van der Waals surface area contributed by atoms with Crippen LogP contribution in [0.3, 0.4) is 0 Å². The molecule has 0 spiro atoms. The van der Waals surface area contributed by atoms with Gasteiger partial charge in [-0.15, -0.1) is 10.2 Å². The fourth-order valence-corrected chi connectivity index (χ4v) is 3.32. The van der Waals surface area contributed by atoms with Crippen molar-refractivity contribution >= 4 is 28.3 Å². The topological polar surface area (TPSA) is 81.4 Å². The summed E-state index contributed by atoms with van der Waals surface area (Å²) < 4.78 is 21.2. The van der Waals surface area contributed by atoms with Gasteiger partial charge in [-0.25, -0.2) is 9.37 Å². The molecule has 0 unspecified atom stereocenters. The molecular formula is C23H16FN5O2. The molecule has 0 atom stereocenters. The van der Waals surface area contributed by atoms with E-state index in [-0.39, 0.29) is 5.56 Å². The molecule has 2 aromatic heterocycles. The van der Waals surface area contributed by atoms with E-state index in [1.54, 1.807) is 30.3 Å². The molecule has 0 aliphatic rings. The van der Waals surface area contributed by atoms with Crippen molar-refractivity contribution in [2.45, 2.75) is 6.92 Å². The average Bonchev–Trinajstić information content (AvgIpc) is 3.17. The predicted octanol–water partition coefficient (Wildman–Crippen LogP) is 4.77. The minimum absolute atomic E-state index is 0.241. The van der Waals surface area contributed by atoms with E-state index in [1.807, 2.05) is 35.6 Å². The number of hydrogen-bond acceptors (Lipinski definition) is 5. The van der Waals surface area contributed by atoms with Crippen molar-refractivity contribution in [3.8, 4) is 11.6 Å². The van der Waals surface area contributed by atoms with E-state index < -0.39 is 11.7 Å². The SMILES string of the molecule is Cc1nnc2c(Oc3ccc(NC(=O)c4cccc(F)c4)cc3)nc3ccccc3n12. The first-order chi connectivity index (χ1) is 15.1. The van der Waals surface area contributed by atoms with Gasteiger partial charge in [-0.2, -0.15) is 0 Å². The molecule has 1 amide bonds. The van der Waals surface area contributed by atoms with Gasteiger partial charge < -0.3 is 10.1 Å². The number of amides is 1. The van der Waals surface area contributed by atoms with Gasteiger partial charge >= 0.3 is 0 Å². The zero-order chi connectivity index (χ0) is 21.4. The first-order valence-electron chi connectivity index (χ1n) is 9.54. The average molecular weight is 413 g/mol. The maximum atomic E-state index is 13.3. The third kappa shape index (κ3) is 3.55. The van der Waals surface area contributed by atoms with Crippen molar-refractivity contribution < 1.29 is 13.9 Å².